The molecule has 0 aliphatic rings. The fourth-order valence-corrected chi connectivity index (χ4v) is 6.00. The van der Waals surface area contributed by atoms with Crippen molar-refractivity contribution < 1.29 is 4.52 Å². The first-order valence-electron chi connectivity index (χ1n) is 5.42. The van der Waals surface area contributed by atoms with Gasteiger partial charge in [0.2, 0.25) is 0 Å². The van der Waals surface area contributed by atoms with Crippen molar-refractivity contribution >= 4 is 22.2 Å². The van der Waals surface area contributed by atoms with E-state index in [1.807, 2.05) is 0 Å². The molecule has 80 valence electrons. The fraction of sp³-hybridized carbons (Fsp3) is 0.727. The van der Waals surface area contributed by atoms with E-state index < -0.39 is 18.4 Å². The number of hydrogen-bond acceptors (Lipinski definition) is 2. The Morgan fingerprint density at radius 2 is 1.93 bits per heavy atom. The first kappa shape index (κ1) is 12.1. The quantitative estimate of drug-likeness (QED) is 0.799. The molecule has 0 atom stereocenters. The van der Waals surface area contributed by atoms with Gasteiger partial charge in [0.25, 0.3) is 0 Å². The first-order chi connectivity index (χ1) is 6.46. The van der Waals surface area contributed by atoms with Crippen molar-refractivity contribution in [2.75, 3.05) is 0 Å². The summed E-state index contributed by atoms with van der Waals surface area (Å²) in [5.74, 6) is 0. The Kier molecular flexibility index (Phi) is 4.04. The number of aromatic nitrogens is 1. The molecule has 1 rings (SSSR count). The van der Waals surface area contributed by atoms with Crippen LogP contribution in [0, 0.1) is 6.92 Å². The van der Waals surface area contributed by atoms with Gasteiger partial charge in [-0.15, -0.1) is 0 Å². The summed E-state index contributed by atoms with van der Waals surface area (Å²) in [6, 6.07) is 0. The number of unbranched alkanes of at least 4 members (excludes halogenated alkanes) is 1. The number of nitrogens with zero attached hydrogens (tertiary/aromatic N) is 1. The molecule has 2 nitrogen and oxygen atoms in total. The molecule has 0 radical (unpaired) electrons. The molecule has 1 heterocycles. The second-order valence-electron chi connectivity index (χ2n) is 4.93. The van der Waals surface area contributed by atoms with Crippen LogP contribution in [0.1, 0.15) is 31.0 Å². The van der Waals surface area contributed by atoms with Gasteiger partial charge < -0.3 is 0 Å². The van der Waals surface area contributed by atoms with Crippen molar-refractivity contribution in [1.29, 1.82) is 0 Å². The molecule has 0 unspecified atom stereocenters. The van der Waals surface area contributed by atoms with Crippen LogP contribution < -0.4 is 3.78 Å². The molecule has 0 saturated heterocycles. The van der Waals surface area contributed by atoms with E-state index in [-0.39, 0.29) is 0 Å². The van der Waals surface area contributed by atoms with Crippen molar-refractivity contribution in [3.05, 3.63) is 11.3 Å². The topological polar surface area (TPSA) is 26.0 Å². The van der Waals surface area contributed by atoms with Crippen LogP contribution in [-0.4, -0.2) is 23.5 Å². The van der Waals surface area contributed by atoms with E-state index in [0.717, 1.165) is 12.1 Å². The summed E-state index contributed by atoms with van der Waals surface area (Å²) in [6.07, 6.45) is 3.64. The van der Waals surface area contributed by atoms with Crippen molar-refractivity contribution in [3.8, 4) is 0 Å². The summed E-state index contributed by atoms with van der Waals surface area (Å²) < 4.78 is 6.77. The molecule has 0 amide bonds. The van der Waals surface area contributed by atoms with E-state index in [9.17, 15) is 0 Å². The van der Waals surface area contributed by atoms with E-state index in [1.165, 1.54) is 22.2 Å². The van der Waals surface area contributed by atoms with Gasteiger partial charge in [0, 0.05) is 0 Å². The number of rotatable bonds is 4. The third-order valence-corrected chi connectivity index (χ3v) is 7.46. The average molecular weight is 302 g/mol. The molecular formula is C11H21NOSn. The minimum absolute atomic E-state index is 1.11. The van der Waals surface area contributed by atoms with Crippen LogP contribution in [0.2, 0.25) is 14.8 Å². The SMILES string of the molecule is CCCCc1c(C)no[c]1[Sn]([CH3])([CH3])[CH3]. The van der Waals surface area contributed by atoms with Crippen molar-refractivity contribution in [2.45, 2.75) is 47.9 Å². The Morgan fingerprint density at radius 3 is 2.43 bits per heavy atom. The third-order valence-electron chi connectivity index (χ3n) is 2.45. The summed E-state index contributed by atoms with van der Waals surface area (Å²) in [5, 5.41) is 4.11. The van der Waals surface area contributed by atoms with Crippen LogP contribution in [0.4, 0.5) is 0 Å². The van der Waals surface area contributed by atoms with Crippen molar-refractivity contribution in [3.63, 3.8) is 0 Å². The molecule has 1 aromatic rings. The van der Waals surface area contributed by atoms with Crippen LogP contribution in [0.25, 0.3) is 0 Å². The monoisotopic (exact) mass is 303 g/mol. The summed E-state index contributed by atoms with van der Waals surface area (Å²) in [7, 11) is 0. The predicted octanol–water partition coefficient (Wildman–Crippen LogP) is 2.87. The van der Waals surface area contributed by atoms with E-state index in [4.69, 9.17) is 4.52 Å². The zero-order valence-electron chi connectivity index (χ0n) is 9.98. The van der Waals surface area contributed by atoms with Crippen LogP contribution in [0.15, 0.2) is 4.52 Å². The van der Waals surface area contributed by atoms with E-state index in [2.05, 4.69) is 33.8 Å². The fourth-order valence-electron chi connectivity index (χ4n) is 1.63. The van der Waals surface area contributed by atoms with Gasteiger partial charge in [-0.3, -0.25) is 0 Å². The van der Waals surface area contributed by atoms with Crippen LogP contribution in [0.3, 0.4) is 0 Å². The Balaban J connectivity index is 2.94. The zero-order valence-corrected chi connectivity index (χ0v) is 12.8. The second kappa shape index (κ2) is 4.69. The summed E-state index contributed by atoms with van der Waals surface area (Å²) >= 11 is -2.06. The van der Waals surface area contributed by atoms with Crippen molar-refractivity contribution in [1.82, 2.24) is 5.16 Å². The average Bonchev–Trinajstić information content (AvgIpc) is 2.42. The van der Waals surface area contributed by atoms with Crippen LogP contribution in [-0.2, 0) is 6.42 Å². The van der Waals surface area contributed by atoms with E-state index in [1.54, 1.807) is 0 Å². The van der Waals surface area contributed by atoms with Crippen LogP contribution in [0.5, 0.6) is 0 Å². The van der Waals surface area contributed by atoms with Gasteiger partial charge in [-0.2, -0.15) is 0 Å². The summed E-state index contributed by atoms with van der Waals surface area (Å²) in [4.78, 5) is 7.14. The maximum atomic E-state index is 5.50. The Bertz CT molecular complexity index is 299. The van der Waals surface area contributed by atoms with E-state index in [0.29, 0.717) is 0 Å². The molecular weight excluding hydrogens is 281 g/mol. The maximum absolute atomic E-state index is 5.50. The Hall–Kier alpha value is 0.00870. The molecule has 0 aliphatic heterocycles. The molecule has 3 heteroatoms. The predicted molar refractivity (Wildman–Crippen MR) is 62.8 cm³/mol. The summed E-state index contributed by atoms with van der Waals surface area (Å²) in [6.45, 7) is 4.29. The zero-order chi connectivity index (χ0) is 10.8. The standard InChI is InChI=1S/C8H12NO.3CH3.Sn/c1-3-4-5-8-6-10-9-7(8)2;;;;/h3-5H2,1-2H3;3*1H3;. The molecule has 1 aromatic heterocycles. The second-order valence-corrected chi connectivity index (χ2v) is 19.1. The molecule has 0 saturated carbocycles. The molecule has 0 aliphatic carbocycles. The molecule has 0 N–H and O–H groups in total. The van der Waals surface area contributed by atoms with Gasteiger partial charge in [-0.25, -0.2) is 0 Å². The van der Waals surface area contributed by atoms with Gasteiger partial charge >= 0.3 is 91.0 Å². The molecule has 14 heavy (non-hydrogen) atoms. The first-order valence-corrected chi connectivity index (χ1v) is 15.4. The van der Waals surface area contributed by atoms with Gasteiger partial charge in [0.05, 0.1) is 0 Å². The third kappa shape index (κ3) is 2.75. The molecule has 0 aromatic carbocycles. The molecule has 0 bridgehead atoms. The molecule has 0 spiro atoms. The number of aryl methyl sites for hydroxylation is 1. The van der Waals surface area contributed by atoms with Gasteiger partial charge in [-0.05, 0) is 0 Å². The van der Waals surface area contributed by atoms with Crippen LogP contribution >= 0.6 is 0 Å². The van der Waals surface area contributed by atoms with Gasteiger partial charge in [0.1, 0.15) is 0 Å². The summed E-state index contributed by atoms with van der Waals surface area (Å²) in [5.41, 5.74) is 2.52. The number of hydrogen-bond donors (Lipinski definition) is 0. The van der Waals surface area contributed by atoms with Gasteiger partial charge in [0.15, 0.2) is 0 Å². The minimum atomic E-state index is -2.06. The Labute approximate surface area is 90.9 Å². The Morgan fingerprint density at radius 1 is 1.29 bits per heavy atom. The van der Waals surface area contributed by atoms with Gasteiger partial charge in [-0.1, -0.05) is 0 Å². The normalized spacial score (nSPS) is 12.1. The van der Waals surface area contributed by atoms with Crippen molar-refractivity contribution in [2.24, 2.45) is 0 Å². The van der Waals surface area contributed by atoms with E-state index >= 15 is 0 Å². The molecule has 0 fully saturated rings.